The second kappa shape index (κ2) is 4.04. The first kappa shape index (κ1) is 13.1. The quantitative estimate of drug-likeness (QED) is 0.687. The van der Waals surface area contributed by atoms with Gasteiger partial charge in [0.1, 0.15) is 0 Å². The van der Waals surface area contributed by atoms with Crippen molar-refractivity contribution < 1.29 is 22.4 Å². The molecule has 102 valence electrons. The molecule has 0 spiro atoms. The molecule has 0 saturated heterocycles. The largest absolute Gasteiger partial charge is 0.440 e. The maximum atomic E-state index is 12.3. The van der Waals surface area contributed by atoms with E-state index in [0.29, 0.717) is 5.02 Å². The molecule has 2 aromatic rings. The predicted molar refractivity (Wildman–Crippen MR) is 70.1 cm³/mol. The van der Waals surface area contributed by atoms with Crippen LogP contribution in [0.5, 0.6) is 0 Å². The predicted octanol–water partition coefficient (Wildman–Crippen LogP) is 2.11. The summed E-state index contributed by atoms with van der Waals surface area (Å²) < 4.78 is 28.0. The van der Waals surface area contributed by atoms with Crippen LogP contribution in [0, 0.1) is 0 Å². The molecule has 7 heteroatoms. The number of furan rings is 1. The number of ketones is 2. The van der Waals surface area contributed by atoms with E-state index in [4.69, 9.17) is 16.0 Å². The van der Waals surface area contributed by atoms with Gasteiger partial charge in [-0.15, -0.1) is 0 Å². The molecule has 1 heterocycles. The third-order valence-electron chi connectivity index (χ3n) is 3.00. The van der Waals surface area contributed by atoms with Gasteiger partial charge in [-0.3, -0.25) is 9.59 Å². The van der Waals surface area contributed by atoms with Crippen molar-refractivity contribution in [2.75, 3.05) is 6.26 Å². The normalized spacial score (nSPS) is 14.1. The van der Waals surface area contributed by atoms with Gasteiger partial charge >= 0.3 is 0 Å². The van der Waals surface area contributed by atoms with Crippen LogP contribution >= 0.6 is 11.6 Å². The van der Waals surface area contributed by atoms with Crippen LogP contribution in [0.2, 0.25) is 5.02 Å². The monoisotopic (exact) mass is 310 g/mol. The lowest BCUT2D eigenvalue weighted by Crippen LogP contribution is -2.18. The molecule has 0 unspecified atom stereocenters. The molecule has 3 rings (SSSR count). The van der Waals surface area contributed by atoms with Crippen LogP contribution in [-0.4, -0.2) is 26.2 Å². The average molecular weight is 311 g/mol. The van der Waals surface area contributed by atoms with Crippen molar-refractivity contribution in [2.45, 2.75) is 5.09 Å². The first-order chi connectivity index (χ1) is 9.29. The molecule has 0 aliphatic heterocycles. The van der Waals surface area contributed by atoms with Gasteiger partial charge in [0, 0.05) is 28.5 Å². The Balaban J connectivity index is 2.29. The summed E-state index contributed by atoms with van der Waals surface area (Å²) in [4.78, 5) is 24.5. The molecule has 0 amide bonds. The molecule has 0 bridgehead atoms. The topological polar surface area (TPSA) is 81.4 Å². The molecule has 5 nitrogen and oxygen atoms in total. The van der Waals surface area contributed by atoms with E-state index in [2.05, 4.69) is 0 Å². The maximum Gasteiger partial charge on any atom is 0.229 e. The Morgan fingerprint density at radius 2 is 1.70 bits per heavy atom. The molecule has 1 aromatic carbocycles. The van der Waals surface area contributed by atoms with E-state index in [9.17, 15) is 18.0 Å². The summed E-state index contributed by atoms with van der Waals surface area (Å²) in [6.45, 7) is 0. The van der Waals surface area contributed by atoms with Crippen molar-refractivity contribution in [2.24, 2.45) is 0 Å². The Hall–Kier alpha value is -1.92. The Morgan fingerprint density at radius 1 is 1.00 bits per heavy atom. The molecule has 20 heavy (non-hydrogen) atoms. The van der Waals surface area contributed by atoms with Crippen molar-refractivity contribution >= 4 is 33.0 Å². The van der Waals surface area contributed by atoms with E-state index < -0.39 is 26.5 Å². The lowest BCUT2D eigenvalue weighted by Gasteiger charge is -2.12. The zero-order valence-corrected chi connectivity index (χ0v) is 11.7. The van der Waals surface area contributed by atoms with E-state index in [1.165, 1.54) is 18.2 Å². The summed E-state index contributed by atoms with van der Waals surface area (Å²) in [5.41, 5.74) is 0.266. The van der Waals surface area contributed by atoms with E-state index in [1.807, 2.05) is 0 Å². The fourth-order valence-electron chi connectivity index (χ4n) is 2.06. The number of hydrogen-bond acceptors (Lipinski definition) is 5. The standard InChI is InChI=1S/C13H7ClO5S/c1-20(17,18)10-5-9-11(15)7-3-2-6(14)4-8(7)12(16)13(9)19-10/h2-5H,1H3. The minimum absolute atomic E-state index is 0.0368. The summed E-state index contributed by atoms with van der Waals surface area (Å²) in [5.74, 6) is -1.26. The molecular weight excluding hydrogens is 304 g/mol. The van der Waals surface area contributed by atoms with Gasteiger partial charge in [-0.05, 0) is 18.2 Å². The Morgan fingerprint density at radius 3 is 2.35 bits per heavy atom. The van der Waals surface area contributed by atoms with Gasteiger partial charge in [0.15, 0.2) is 11.5 Å². The molecule has 1 aliphatic rings. The molecular formula is C13H7ClO5S. The summed E-state index contributed by atoms with van der Waals surface area (Å²) in [5, 5.41) is -0.0913. The van der Waals surface area contributed by atoms with Crippen molar-refractivity contribution in [3.8, 4) is 0 Å². The highest BCUT2D eigenvalue weighted by Gasteiger charge is 2.35. The van der Waals surface area contributed by atoms with Crippen molar-refractivity contribution in [1.82, 2.24) is 0 Å². The minimum atomic E-state index is -3.64. The van der Waals surface area contributed by atoms with Gasteiger partial charge in [-0.25, -0.2) is 8.42 Å². The number of sulfone groups is 1. The molecule has 0 saturated carbocycles. The Bertz CT molecular complexity index is 876. The number of carbonyl (C=O) groups is 2. The molecule has 1 aromatic heterocycles. The zero-order chi connectivity index (χ0) is 14.7. The summed E-state index contributed by atoms with van der Waals surface area (Å²) in [6.07, 6.45) is 0.941. The van der Waals surface area contributed by atoms with Gasteiger partial charge in [0.05, 0.1) is 5.56 Å². The molecule has 0 radical (unpaired) electrons. The molecule has 0 fully saturated rings. The van der Waals surface area contributed by atoms with Crippen molar-refractivity contribution in [3.63, 3.8) is 0 Å². The van der Waals surface area contributed by atoms with Crippen LogP contribution in [-0.2, 0) is 9.84 Å². The third kappa shape index (κ3) is 1.80. The highest BCUT2D eigenvalue weighted by Crippen LogP contribution is 2.32. The van der Waals surface area contributed by atoms with Crippen molar-refractivity contribution in [3.05, 3.63) is 51.7 Å². The number of rotatable bonds is 1. The highest BCUT2D eigenvalue weighted by molar-refractivity contribution is 7.90. The van der Waals surface area contributed by atoms with Crippen LogP contribution in [0.25, 0.3) is 0 Å². The number of halogens is 1. The van der Waals surface area contributed by atoms with E-state index in [0.717, 1.165) is 12.3 Å². The minimum Gasteiger partial charge on any atom is -0.440 e. The van der Waals surface area contributed by atoms with E-state index >= 15 is 0 Å². The van der Waals surface area contributed by atoms with Crippen molar-refractivity contribution in [1.29, 1.82) is 0 Å². The Kier molecular flexibility index (Phi) is 2.64. The van der Waals surface area contributed by atoms with Gasteiger partial charge in [-0.1, -0.05) is 11.6 Å². The van der Waals surface area contributed by atoms with Crippen LogP contribution in [0.4, 0.5) is 0 Å². The second-order valence-corrected chi connectivity index (χ2v) is 6.81. The lowest BCUT2D eigenvalue weighted by atomic mass is 9.89. The molecule has 0 N–H and O–H groups in total. The summed E-state index contributed by atoms with van der Waals surface area (Å²) in [6, 6.07) is 5.38. The fourth-order valence-corrected chi connectivity index (χ4v) is 2.80. The van der Waals surface area contributed by atoms with Crippen LogP contribution in [0.15, 0.2) is 33.8 Å². The SMILES string of the molecule is CS(=O)(=O)c1cc2c(o1)C(=O)c1cc(Cl)ccc1C2=O. The Labute approximate surface area is 119 Å². The van der Waals surface area contributed by atoms with Gasteiger partial charge in [0.2, 0.25) is 20.7 Å². The van der Waals surface area contributed by atoms with E-state index in [-0.39, 0.29) is 22.5 Å². The number of benzene rings is 1. The second-order valence-electron chi connectivity index (χ2n) is 4.43. The van der Waals surface area contributed by atoms with Gasteiger partial charge in [-0.2, -0.15) is 0 Å². The lowest BCUT2D eigenvalue weighted by molar-refractivity contribution is 0.0957. The van der Waals surface area contributed by atoms with Gasteiger partial charge in [0.25, 0.3) is 0 Å². The smallest absolute Gasteiger partial charge is 0.229 e. The fraction of sp³-hybridized carbons (Fsp3) is 0.0769. The van der Waals surface area contributed by atoms with Crippen LogP contribution in [0.1, 0.15) is 32.0 Å². The average Bonchev–Trinajstić information content (AvgIpc) is 2.81. The first-order valence-electron chi connectivity index (χ1n) is 5.52. The third-order valence-corrected chi connectivity index (χ3v) is 4.16. The maximum absolute atomic E-state index is 12.3. The number of hydrogen-bond donors (Lipinski definition) is 0. The van der Waals surface area contributed by atoms with Crippen LogP contribution < -0.4 is 0 Å². The zero-order valence-electron chi connectivity index (χ0n) is 10.1. The summed E-state index contributed by atoms with van der Waals surface area (Å²) in [7, 11) is -3.64. The van der Waals surface area contributed by atoms with E-state index in [1.54, 1.807) is 0 Å². The summed E-state index contributed by atoms with van der Waals surface area (Å²) >= 11 is 5.80. The first-order valence-corrected chi connectivity index (χ1v) is 7.79. The number of carbonyl (C=O) groups excluding carboxylic acids is 2. The van der Waals surface area contributed by atoms with Gasteiger partial charge < -0.3 is 4.42 Å². The molecule has 0 atom stereocenters. The highest BCUT2D eigenvalue weighted by atomic mass is 35.5. The number of fused-ring (bicyclic) bond motifs is 2. The van der Waals surface area contributed by atoms with Crippen LogP contribution in [0.3, 0.4) is 0 Å². The molecule has 1 aliphatic carbocycles.